The Labute approximate surface area is 113 Å². The van der Waals surface area contributed by atoms with Crippen LogP contribution in [0.5, 0.6) is 0 Å². The summed E-state index contributed by atoms with van der Waals surface area (Å²) < 4.78 is 41.0. The molecule has 0 radical (unpaired) electrons. The van der Waals surface area contributed by atoms with Crippen molar-refractivity contribution >= 4 is 23.0 Å². The molecule has 0 saturated heterocycles. The van der Waals surface area contributed by atoms with E-state index in [0.717, 1.165) is 11.3 Å². The van der Waals surface area contributed by atoms with Gasteiger partial charge in [-0.2, -0.15) is 18.2 Å². The van der Waals surface area contributed by atoms with Crippen LogP contribution in [-0.4, -0.2) is 28.9 Å². The smallest absolute Gasteiger partial charge is 0.352 e. The summed E-state index contributed by atoms with van der Waals surface area (Å²) in [6.07, 6.45) is -4.73. The Kier molecular flexibility index (Phi) is 3.57. The van der Waals surface area contributed by atoms with Gasteiger partial charge >= 0.3 is 12.1 Å². The van der Waals surface area contributed by atoms with Gasteiger partial charge in [0.2, 0.25) is 5.82 Å². The Morgan fingerprint density at radius 1 is 1.35 bits per heavy atom. The molecule has 6 nitrogen and oxygen atoms in total. The first-order valence-corrected chi connectivity index (χ1v) is 5.92. The zero-order chi connectivity index (χ0) is 14.9. The minimum Gasteiger partial charge on any atom is -0.352 e. The Hall–Kier alpha value is -2.23. The number of amides is 1. The average Bonchev–Trinajstić information content (AvgIpc) is 3.03. The molecule has 0 unspecified atom stereocenters. The predicted molar refractivity (Wildman–Crippen MR) is 61.0 cm³/mol. The van der Waals surface area contributed by atoms with Crippen LogP contribution in [0, 0.1) is 0 Å². The molecule has 0 bridgehead atoms. The van der Waals surface area contributed by atoms with Gasteiger partial charge in [-0.05, 0) is 12.1 Å². The number of likely N-dealkylation sites (N-methyl/N-ethyl adjacent to an activating group) is 1. The number of nitrogens with one attached hydrogen (secondary N) is 1. The van der Waals surface area contributed by atoms with Gasteiger partial charge in [0.05, 0.1) is 9.75 Å². The van der Waals surface area contributed by atoms with E-state index in [4.69, 9.17) is 0 Å². The molecule has 0 aliphatic rings. The van der Waals surface area contributed by atoms with Gasteiger partial charge in [0.25, 0.3) is 11.7 Å². The predicted octanol–water partition coefficient (Wildman–Crippen LogP) is 1.75. The second kappa shape index (κ2) is 5.04. The van der Waals surface area contributed by atoms with E-state index in [1.54, 1.807) is 0 Å². The van der Waals surface area contributed by atoms with E-state index in [1.165, 1.54) is 19.2 Å². The number of carbonyl (C=O) groups excluding carboxylic acids is 2. The molecule has 2 rings (SSSR count). The Bertz CT molecular complexity index is 662. The van der Waals surface area contributed by atoms with Crippen molar-refractivity contribution in [3.63, 3.8) is 0 Å². The number of Topliss-reactive ketones (excluding diaryl/α,β-unsaturated/α-hetero) is 1. The van der Waals surface area contributed by atoms with Gasteiger partial charge in [-0.15, -0.1) is 11.3 Å². The third-order valence-electron chi connectivity index (χ3n) is 2.15. The van der Waals surface area contributed by atoms with E-state index in [0.29, 0.717) is 0 Å². The van der Waals surface area contributed by atoms with E-state index in [2.05, 4.69) is 20.0 Å². The second-order valence-corrected chi connectivity index (χ2v) is 4.58. The molecule has 0 atom stereocenters. The minimum atomic E-state index is -4.73. The van der Waals surface area contributed by atoms with Gasteiger partial charge in [-0.3, -0.25) is 9.59 Å². The SMILES string of the molecule is CNC(=O)C(=O)c1ccc(-c2noc(C(F)(F)F)n2)s1. The maximum atomic E-state index is 12.3. The number of carbonyl (C=O) groups is 2. The Morgan fingerprint density at radius 3 is 2.60 bits per heavy atom. The van der Waals surface area contributed by atoms with E-state index in [9.17, 15) is 22.8 Å². The molecule has 0 spiro atoms. The highest BCUT2D eigenvalue weighted by atomic mass is 32.1. The number of hydrogen-bond donors (Lipinski definition) is 1. The van der Waals surface area contributed by atoms with Crippen molar-refractivity contribution in [2.24, 2.45) is 0 Å². The number of aromatic nitrogens is 2. The van der Waals surface area contributed by atoms with E-state index in [-0.39, 0.29) is 15.6 Å². The van der Waals surface area contributed by atoms with Crippen LogP contribution >= 0.6 is 11.3 Å². The highest BCUT2D eigenvalue weighted by Crippen LogP contribution is 2.31. The van der Waals surface area contributed by atoms with Crippen molar-refractivity contribution in [1.82, 2.24) is 15.5 Å². The van der Waals surface area contributed by atoms with Crippen LogP contribution in [0.15, 0.2) is 16.7 Å². The summed E-state index contributed by atoms with van der Waals surface area (Å²) in [7, 11) is 1.30. The summed E-state index contributed by atoms with van der Waals surface area (Å²) in [5.74, 6) is -3.37. The molecule has 1 N–H and O–H groups in total. The zero-order valence-electron chi connectivity index (χ0n) is 9.82. The maximum Gasteiger partial charge on any atom is 0.471 e. The van der Waals surface area contributed by atoms with Crippen molar-refractivity contribution in [3.05, 3.63) is 22.9 Å². The fraction of sp³-hybridized carbons (Fsp3) is 0.200. The van der Waals surface area contributed by atoms with Crippen molar-refractivity contribution < 1.29 is 27.3 Å². The summed E-state index contributed by atoms with van der Waals surface area (Å²) in [5.41, 5.74) is 0. The van der Waals surface area contributed by atoms with Gasteiger partial charge in [0.15, 0.2) is 0 Å². The summed E-state index contributed by atoms with van der Waals surface area (Å²) in [4.78, 5) is 26.1. The van der Waals surface area contributed by atoms with Crippen LogP contribution in [0.2, 0.25) is 0 Å². The normalized spacial score (nSPS) is 11.4. The molecule has 0 aromatic carbocycles. The molecule has 1 amide bonds. The number of rotatable bonds is 3. The van der Waals surface area contributed by atoms with Crippen molar-refractivity contribution in [2.45, 2.75) is 6.18 Å². The molecule has 0 aliphatic carbocycles. The highest BCUT2D eigenvalue weighted by Gasteiger charge is 2.38. The lowest BCUT2D eigenvalue weighted by atomic mass is 10.3. The standard InChI is InChI=1S/C10H6F3N3O3S/c1-14-8(18)6(17)4-2-3-5(20-4)7-15-9(19-16-7)10(11,12)13/h2-3H,1H3,(H,14,18). The van der Waals surface area contributed by atoms with Gasteiger partial charge in [-0.25, -0.2) is 0 Å². The summed E-state index contributed by atoms with van der Waals surface area (Å²) >= 11 is 0.799. The molecule has 2 heterocycles. The van der Waals surface area contributed by atoms with Gasteiger partial charge in [0.1, 0.15) is 0 Å². The molecular weight excluding hydrogens is 299 g/mol. The van der Waals surface area contributed by atoms with Gasteiger partial charge < -0.3 is 9.84 Å². The van der Waals surface area contributed by atoms with Crippen LogP contribution in [0.3, 0.4) is 0 Å². The highest BCUT2D eigenvalue weighted by molar-refractivity contribution is 7.18. The van der Waals surface area contributed by atoms with Gasteiger partial charge in [0, 0.05) is 7.05 Å². The second-order valence-electron chi connectivity index (χ2n) is 3.49. The molecule has 0 aliphatic heterocycles. The van der Waals surface area contributed by atoms with Crippen LogP contribution in [-0.2, 0) is 11.0 Å². The van der Waals surface area contributed by atoms with Crippen molar-refractivity contribution in [2.75, 3.05) is 7.05 Å². The van der Waals surface area contributed by atoms with E-state index in [1.807, 2.05) is 0 Å². The number of hydrogen-bond acceptors (Lipinski definition) is 6. The molecule has 0 saturated carbocycles. The Balaban J connectivity index is 2.27. The monoisotopic (exact) mass is 305 g/mol. The first-order valence-electron chi connectivity index (χ1n) is 5.10. The maximum absolute atomic E-state index is 12.3. The summed E-state index contributed by atoms with van der Waals surface area (Å²) in [5, 5.41) is 5.34. The number of alkyl halides is 3. The van der Waals surface area contributed by atoms with Crippen molar-refractivity contribution in [3.8, 4) is 10.7 Å². The minimum absolute atomic E-state index is 0.0673. The lowest BCUT2D eigenvalue weighted by molar-refractivity contribution is -0.159. The fourth-order valence-electron chi connectivity index (χ4n) is 1.24. The molecule has 106 valence electrons. The Morgan fingerprint density at radius 2 is 2.05 bits per heavy atom. The molecule has 10 heteroatoms. The molecule has 20 heavy (non-hydrogen) atoms. The lowest BCUT2D eigenvalue weighted by Crippen LogP contribution is -2.26. The quantitative estimate of drug-likeness (QED) is 0.689. The van der Waals surface area contributed by atoms with Crippen LogP contribution in [0.25, 0.3) is 10.7 Å². The lowest BCUT2D eigenvalue weighted by Gasteiger charge is -1.95. The largest absolute Gasteiger partial charge is 0.471 e. The number of ketones is 1. The first-order chi connectivity index (χ1) is 9.32. The van der Waals surface area contributed by atoms with Gasteiger partial charge in [-0.1, -0.05) is 5.16 Å². The average molecular weight is 305 g/mol. The van der Waals surface area contributed by atoms with Crippen LogP contribution in [0.4, 0.5) is 13.2 Å². The van der Waals surface area contributed by atoms with E-state index < -0.39 is 23.8 Å². The van der Waals surface area contributed by atoms with Crippen LogP contribution < -0.4 is 5.32 Å². The molecule has 2 aromatic heterocycles. The summed E-state index contributed by atoms with van der Waals surface area (Å²) in [6.45, 7) is 0. The third kappa shape index (κ3) is 2.69. The van der Waals surface area contributed by atoms with Crippen LogP contribution in [0.1, 0.15) is 15.6 Å². The molecule has 0 fully saturated rings. The number of halogens is 3. The zero-order valence-corrected chi connectivity index (χ0v) is 10.6. The third-order valence-corrected chi connectivity index (χ3v) is 3.23. The fourth-order valence-corrected chi connectivity index (χ4v) is 2.11. The number of thiophene rings is 1. The molecule has 2 aromatic rings. The molecular formula is C10H6F3N3O3S. The summed E-state index contributed by atoms with van der Waals surface area (Å²) in [6, 6.07) is 2.65. The topological polar surface area (TPSA) is 85.1 Å². The number of nitrogens with zero attached hydrogens (tertiary/aromatic N) is 2. The first kappa shape index (κ1) is 14.2. The van der Waals surface area contributed by atoms with E-state index >= 15 is 0 Å². The van der Waals surface area contributed by atoms with Crippen molar-refractivity contribution in [1.29, 1.82) is 0 Å².